The molecule has 0 fully saturated rings. The van der Waals surface area contributed by atoms with Crippen LogP contribution in [-0.2, 0) is 13.0 Å². The fourth-order valence-electron chi connectivity index (χ4n) is 2.66. The summed E-state index contributed by atoms with van der Waals surface area (Å²) in [4.78, 5) is 8.04. The third-order valence-electron chi connectivity index (χ3n) is 3.62. The molecule has 1 aliphatic heterocycles. The van der Waals surface area contributed by atoms with E-state index in [1.54, 1.807) is 17.6 Å². The molecule has 2 aromatic heterocycles. The highest BCUT2D eigenvalue weighted by molar-refractivity contribution is 7.13. The number of benzene rings is 1. The van der Waals surface area contributed by atoms with Gasteiger partial charge in [0.1, 0.15) is 6.26 Å². The van der Waals surface area contributed by atoms with Crippen LogP contribution in [-0.4, -0.2) is 11.5 Å². The molecule has 0 N–H and O–H groups in total. The van der Waals surface area contributed by atoms with Gasteiger partial charge in [-0.2, -0.15) is 0 Å². The Morgan fingerprint density at radius 2 is 2.15 bits per heavy atom. The van der Waals surface area contributed by atoms with Gasteiger partial charge >= 0.3 is 0 Å². The summed E-state index contributed by atoms with van der Waals surface area (Å²) in [7, 11) is 0. The average molecular weight is 282 g/mol. The number of oxazole rings is 1. The molecule has 3 nitrogen and oxygen atoms in total. The molecule has 3 heterocycles. The van der Waals surface area contributed by atoms with Gasteiger partial charge in [0.25, 0.3) is 0 Å². The lowest BCUT2D eigenvalue weighted by Crippen LogP contribution is -2.19. The highest BCUT2D eigenvalue weighted by Crippen LogP contribution is 2.29. The molecule has 1 aliphatic rings. The van der Waals surface area contributed by atoms with E-state index in [2.05, 4.69) is 34.1 Å². The Morgan fingerprint density at radius 1 is 1.20 bits per heavy atom. The molecular formula is C16H14N2OS. The Balaban J connectivity index is 1.56. The van der Waals surface area contributed by atoms with Gasteiger partial charge in [-0.1, -0.05) is 24.3 Å². The molecule has 1 aromatic carbocycles. The molecule has 0 unspecified atom stereocenters. The van der Waals surface area contributed by atoms with E-state index in [9.17, 15) is 0 Å². The number of hydrogen-bond acceptors (Lipinski definition) is 4. The van der Waals surface area contributed by atoms with Gasteiger partial charge in [-0.3, -0.25) is 0 Å². The molecule has 0 spiro atoms. The summed E-state index contributed by atoms with van der Waals surface area (Å²) in [5.74, 6) is 0.725. The number of nitrogens with zero attached hydrogens (tertiary/aromatic N) is 2. The molecule has 0 radical (unpaired) electrons. The summed E-state index contributed by atoms with van der Waals surface area (Å²) in [6, 6.07) is 12.6. The number of fused-ring (bicyclic) bond motifs is 1. The quantitative estimate of drug-likeness (QED) is 0.728. The van der Waals surface area contributed by atoms with Crippen LogP contribution >= 0.6 is 11.3 Å². The van der Waals surface area contributed by atoms with E-state index in [0.717, 1.165) is 36.0 Å². The van der Waals surface area contributed by atoms with Crippen molar-refractivity contribution in [2.75, 3.05) is 11.4 Å². The van der Waals surface area contributed by atoms with Crippen LogP contribution in [0.5, 0.6) is 0 Å². The highest BCUT2D eigenvalue weighted by Gasteiger charge is 2.19. The maximum Gasteiger partial charge on any atom is 0.236 e. The Labute approximate surface area is 121 Å². The van der Waals surface area contributed by atoms with Gasteiger partial charge in [0, 0.05) is 12.2 Å². The van der Waals surface area contributed by atoms with Crippen LogP contribution in [0.1, 0.15) is 11.3 Å². The van der Waals surface area contributed by atoms with E-state index in [4.69, 9.17) is 4.42 Å². The first-order valence-electron chi connectivity index (χ1n) is 6.71. The van der Waals surface area contributed by atoms with Gasteiger partial charge in [0.2, 0.25) is 5.89 Å². The molecule has 0 bridgehead atoms. The van der Waals surface area contributed by atoms with Crippen molar-refractivity contribution in [1.29, 1.82) is 0 Å². The molecule has 100 valence electrons. The van der Waals surface area contributed by atoms with Gasteiger partial charge < -0.3 is 9.32 Å². The summed E-state index contributed by atoms with van der Waals surface area (Å²) < 4.78 is 5.58. The second-order valence-electron chi connectivity index (χ2n) is 4.92. The summed E-state index contributed by atoms with van der Waals surface area (Å²) >= 11 is 1.65. The molecule has 4 rings (SSSR count). The molecular weight excluding hydrogens is 268 g/mol. The van der Waals surface area contributed by atoms with E-state index in [1.165, 1.54) is 11.3 Å². The first kappa shape index (κ1) is 11.7. The largest absolute Gasteiger partial charge is 0.443 e. The number of aromatic nitrogens is 1. The van der Waals surface area contributed by atoms with Gasteiger partial charge in [-0.05, 0) is 29.5 Å². The van der Waals surface area contributed by atoms with Crippen LogP contribution < -0.4 is 4.90 Å². The lowest BCUT2D eigenvalue weighted by atomic mass is 10.2. The second kappa shape index (κ2) is 4.80. The molecule has 0 saturated carbocycles. The van der Waals surface area contributed by atoms with Crippen LogP contribution in [0.2, 0.25) is 0 Å². The van der Waals surface area contributed by atoms with E-state index >= 15 is 0 Å². The first-order chi connectivity index (χ1) is 9.90. The zero-order chi connectivity index (χ0) is 13.4. The van der Waals surface area contributed by atoms with Crippen molar-refractivity contribution in [3.8, 4) is 10.8 Å². The summed E-state index contributed by atoms with van der Waals surface area (Å²) in [6.45, 7) is 1.87. The highest BCUT2D eigenvalue weighted by atomic mass is 32.1. The molecule has 0 aliphatic carbocycles. The van der Waals surface area contributed by atoms with E-state index in [1.807, 2.05) is 17.5 Å². The third kappa shape index (κ3) is 2.02. The molecule has 4 heteroatoms. The molecule has 0 saturated heterocycles. The Morgan fingerprint density at radius 3 is 3.05 bits per heavy atom. The Hall–Kier alpha value is -2.07. The lowest BCUT2D eigenvalue weighted by molar-refractivity contribution is 0.573. The van der Waals surface area contributed by atoms with Crippen LogP contribution in [0.25, 0.3) is 10.8 Å². The maximum absolute atomic E-state index is 5.58. The molecule has 3 aromatic rings. The van der Waals surface area contributed by atoms with Crippen LogP contribution in [0, 0.1) is 0 Å². The van der Waals surface area contributed by atoms with Crippen molar-refractivity contribution in [3.05, 3.63) is 59.3 Å². The van der Waals surface area contributed by atoms with Crippen LogP contribution in [0.3, 0.4) is 0 Å². The predicted octanol–water partition coefficient (Wildman–Crippen LogP) is 3.97. The zero-order valence-electron chi connectivity index (χ0n) is 11.0. The smallest absolute Gasteiger partial charge is 0.236 e. The minimum atomic E-state index is 0.725. The summed E-state index contributed by atoms with van der Waals surface area (Å²) in [6.07, 6.45) is 2.89. The monoisotopic (exact) mass is 282 g/mol. The maximum atomic E-state index is 5.58. The van der Waals surface area contributed by atoms with Crippen LogP contribution in [0.4, 0.5) is 5.69 Å². The van der Waals surface area contributed by atoms with Gasteiger partial charge in [0.05, 0.1) is 17.1 Å². The second-order valence-corrected chi connectivity index (χ2v) is 5.87. The number of anilines is 1. The minimum absolute atomic E-state index is 0.725. The van der Waals surface area contributed by atoms with Crippen LogP contribution in [0.15, 0.2) is 52.5 Å². The Bertz CT molecular complexity index is 718. The fourth-order valence-corrected chi connectivity index (χ4v) is 3.31. The van der Waals surface area contributed by atoms with E-state index in [-0.39, 0.29) is 0 Å². The summed E-state index contributed by atoms with van der Waals surface area (Å²) in [5, 5.41) is 2.04. The topological polar surface area (TPSA) is 29.3 Å². The number of para-hydroxylation sites is 1. The lowest BCUT2D eigenvalue weighted by Gasteiger charge is -2.17. The van der Waals surface area contributed by atoms with Crippen molar-refractivity contribution in [1.82, 2.24) is 4.98 Å². The number of hydrogen-bond donors (Lipinski definition) is 0. The van der Waals surface area contributed by atoms with Gasteiger partial charge in [-0.25, -0.2) is 4.98 Å². The summed E-state index contributed by atoms with van der Waals surface area (Å²) in [5.41, 5.74) is 3.74. The average Bonchev–Trinajstić information content (AvgIpc) is 3.19. The van der Waals surface area contributed by atoms with Gasteiger partial charge in [0.15, 0.2) is 0 Å². The normalized spacial score (nSPS) is 13.7. The predicted molar refractivity (Wildman–Crippen MR) is 81.0 cm³/mol. The minimum Gasteiger partial charge on any atom is -0.443 e. The number of thiophene rings is 1. The molecule has 20 heavy (non-hydrogen) atoms. The van der Waals surface area contributed by atoms with Crippen molar-refractivity contribution >= 4 is 17.0 Å². The standard InChI is InChI=1S/C16H14N2OS/c1-2-5-14-12(4-1)7-8-18(14)10-13-11-19-16(17-13)15-6-3-9-20-15/h1-6,9,11H,7-8,10H2. The van der Waals surface area contributed by atoms with Gasteiger partial charge in [-0.15, -0.1) is 11.3 Å². The van der Waals surface area contributed by atoms with E-state index in [0.29, 0.717) is 0 Å². The molecule has 0 atom stereocenters. The fraction of sp³-hybridized carbons (Fsp3) is 0.188. The van der Waals surface area contributed by atoms with Crippen molar-refractivity contribution < 1.29 is 4.42 Å². The first-order valence-corrected chi connectivity index (χ1v) is 7.59. The Kier molecular flexibility index (Phi) is 2.81. The van der Waals surface area contributed by atoms with Crippen molar-refractivity contribution in [3.63, 3.8) is 0 Å². The van der Waals surface area contributed by atoms with Crippen molar-refractivity contribution in [2.24, 2.45) is 0 Å². The molecule has 0 amide bonds. The third-order valence-corrected chi connectivity index (χ3v) is 4.48. The SMILES string of the molecule is c1csc(-c2nc(CN3CCc4ccccc43)co2)c1. The zero-order valence-corrected chi connectivity index (χ0v) is 11.8. The van der Waals surface area contributed by atoms with Crippen molar-refractivity contribution in [2.45, 2.75) is 13.0 Å². The van der Waals surface area contributed by atoms with E-state index < -0.39 is 0 Å². The number of rotatable bonds is 3.